The number of nitrogens with one attached hydrogen (secondary N) is 2. The van der Waals surface area contributed by atoms with Crippen molar-refractivity contribution in [1.82, 2.24) is 15.4 Å². The maximum Gasteiger partial charge on any atom is 0.123 e. The summed E-state index contributed by atoms with van der Waals surface area (Å²) in [6.07, 6.45) is 3.98. The van der Waals surface area contributed by atoms with Crippen molar-refractivity contribution in [2.45, 2.75) is 12.8 Å². The summed E-state index contributed by atoms with van der Waals surface area (Å²) in [7, 11) is 0. The molecule has 0 amide bonds. The van der Waals surface area contributed by atoms with Crippen molar-refractivity contribution in [2.24, 2.45) is 0 Å². The highest BCUT2D eigenvalue weighted by Crippen LogP contribution is 2.20. The molecule has 1 aliphatic rings. The van der Waals surface area contributed by atoms with Gasteiger partial charge in [-0.2, -0.15) is 0 Å². The SMILES string of the molecule is Fc1ccc2[nH]cc(CCCNN3CCN(c4ccccc4)CC3)c2c1. The van der Waals surface area contributed by atoms with Crippen molar-refractivity contribution in [3.8, 4) is 0 Å². The fraction of sp³-hybridized carbons (Fsp3) is 0.333. The molecule has 1 aliphatic heterocycles. The molecule has 26 heavy (non-hydrogen) atoms. The number of benzene rings is 2. The molecule has 4 nitrogen and oxygen atoms in total. The van der Waals surface area contributed by atoms with Gasteiger partial charge < -0.3 is 9.88 Å². The van der Waals surface area contributed by atoms with Crippen molar-refractivity contribution >= 4 is 16.6 Å². The number of halogens is 1. The van der Waals surface area contributed by atoms with Gasteiger partial charge in [0, 0.05) is 55.5 Å². The van der Waals surface area contributed by atoms with Crippen LogP contribution in [0.2, 0.25) is 0 Å². The van der Waals surface area contributed by atoms with E-state index >= 15 is 0 Å². The molecule has 3 aromatic rings. The molecular formula is C21H25FN4. The van der Waals surface area contributed by atoms with Crippen LogP contribution in [0.3, 0.4) is 0 Å². The van der Waals surface area contributed by atoms with Crippen molar-refractivity contribution < 1.29 is 4.39 Å². The van der Waals surface area contributed by atoms with Crippen molar-refractivity contribution in [1.29, 1.82) is 0 Å². The van der Waals surface area contributed by atoms with E-state index in [1.165, 1.54) is 17.3 Å². The van der Waals surface area contributed by atoms with Gasteiger partial charge in [0.05, 0.1) is 0 Å². The minimum Gasteiger partial charge on any atom is -0.369 e. The van der Waals surface area contributed by atoms with Crippen LogP contribution < -0.4 is 10.3 Å². The predicted molar refractivity (Wildman–Crippen MR) is 105 cm³/mol. The third kappa shape index (κ3) is 3.89. The number of anilines is 1. The quantitative estimate of drug-likeness (QED) is 0.666. The Morgan fingerprint density at radius 2 is 1.81 bits per heavy atom. The van der Waals surface area contributed by atoms with Gasteiger partial charge in [0.1, 0.15) is 5.82 Å². The van der Waals surface area contributed by atoms with E-state index in [9.17, 15) is 4.39 Å². The molecule has 136 valence electrons. The van der Waals surface area contributed by atoms with E-state index in [-0.39, 0.29) is 5.82 Å². The van der Waals surface area contributed by atoms with Gasteiger partial charge in [-0.05, 0) is 48.7 Å². The summed E-state index contributed by atoms with van der Waals surface area (Å²) in [6.45, 7) is 5.06. The van der Waals surface area contributed by atoms with E-state index in [2.05, 4.69) is 50.7 Å². The predicted octanol–water partition coefficient (Wildman–Crippen LogP) is 3.57. The largest absolute Gasteiger partial charge is 0.369 e. The molecule has 2 N–H and O–H groups in total. The first kappa shape index (κ1) is 17.1. The zero-order valence-corrected chi connectivity index (χ0v) is 14.9. The number of aromatic amines is 1. The Balaban J connectivity index is 1.21. The Morgan fingerprint density at radius 3 is 2.62 bits per heavy atom. The second-order valence-electron chi connectivity index (χ2n) is 6.83. The molecule has 0 saturated carbocycles. The number of para-hydroxylation sites is 1. The molecule has 2 aromatic carbocycles. The minimum absolute atomic E-state index is 0.173. The second-order valence-corrected chi connectivity index (χ2v) is 6.83. The number of piperazine rings is 1. The second kappa shape index (κ2) is 7.89. The number of fused-ring (bicyclic) bond motifs is 1. The van der Waals surface area contributed by atoms with Crippen LogP contribution in [0.4, 0.5) is 10.1 Å². The number of hydrogen-bond acceptors (Lipinski definition) is 3. The summed E-state index contributed by atoms with van der Waals surface area (Å²) in [5, 5.41) is 3.32. The van der Waals surface area contributed by atoms with Crippen LogP contribution >= 0.6 is 0 Å². The Kier molecular flexibility index (Phi) is 5.18. The van der Waals surface area contributed by atoms with Crippen LogP contribution in [0, 0.1) is 5.82 Å². The Labute approximate surface area is 153 Å². The molecule has 1 saturated heterocycles. The van der Waals surface area contributed by atoms with Crippen molar-refractivity contribution in [3.05, 3.63) is 66.1 Å². The number of hydrogen-bond donors (Lipinski definition) is 2. The van der Waals surface area contributed by atoms with Gasteiger partial charge in [-0.1, -0.05) is 18.2 Å². The Bertz CT molecular complexity index is 838. The fourth-order valence-electron chi connectivity index (χ4n) is 3.64. The van der Waals surface area contributed by atoms with Crippen LogP contribution in [0.5, 0.6) is 0 Å². The van der Waals surface area contributed by atoms with Crippen LogP contribution in [-0.2, 0) is 6.42 Å². The lowest BCUT2D eigenvalue weighted by atomic mass is 10.1. The van der Waals surface area contributed by atoms with E-state index in [1.54, 1.807) is 12.1 Å². The lowest BCUT2D eigenvalue weighted by Crippen LogP contribution is -2.52. The molecule has 0 radical (unpaired) electrons. The molecule has 0 unspecified atom stereocenters. The monoisotopic (exact) mass is 352 g/mol. The first-order valence-corrected chi connectivity index (χ1v) is 9.33. The fourth-order valence-corrected chi connectivity index (χ4v) is 3.64. The highest BCUT2D eigenvalue weighted by atomic mass is 19.1. The lowest BCUT2D eigenvalue weighted by molar-refractivity contribution is 0.176. The molecule has 0 spiro atoms. The molecule has 0 aliphatic carbocycles. The maximum absolute atomic E-state index is 13.4. The zero-order chi connectivity index (χ0) is 17.8. The van der Waals surface area contributed by atoms with E-state index in [1.807, 2.05) is 6.20 Å². The van der Waals surface area contributed by atoms with E-state index in [0.29, 0.717) is 0 Å². The lowest BCUT2D eigenvalue weighted by Gasteiger charge is -2.36. The van der Waals surface area contributed by atoms with Gasteiger partial charge >= 0.3 is 0 Å². The number of hydrazine groups is 1. The summed E-state index contributed by atoms with van der Waals surface area (Å²) in [5.74, 6) is -0.173. The Morgan fingerprint density at radius 1 is 1.00 bits per heavy atom. The van der Waals surface area contributed by atoms with Gasteiger partial charge in [-0.25, -0.2) is 9.40 Å². The molecule has 1 fully saturated rings. The normalized spacial score (nSPS) is 15.7. The number of H-pyrrole nitrogens is 1. The van der Waals surface area contributed by atoms with Crippen LogP contribution in [0.25, 0.3) is 10.9 Å². The minimum atomic E-state index is -0.173. The molecule has 5 heteroatoms. The number of rotatable bonds is 6. The Hall–Kier alpha value is -2.37. The molecule has 0 atom stereocenters. The summed E-state index contributed by atoms with van der Waals surface area (Å²) < 4.78 is 13.4. The summed E-state index contributed by atoms with van der Waals surface area (Å²) in [5.41, 5.74) is 7.04. The first-order valence-electron chi connectivity index (χ1n) is 9.33. The van der Waals surface area contributed by atoms with E-state index in [0.717, 1.165) is 56.5 Å². The van der Waals surface area contributed by atoms with Crippen molar-refractivity contribution in [3.63, 3.8) is 0 Å². The standard InChI is InChI=1S/C21H25FN4/c22-18-8-9-21-20(15-18)17(16-23-21)5-4-10-24-26-13-11-25(12-14-26)19-6-2-1-3-7-19/h1-3,6-9,15-16,23-24H,4-5,10-14H2. The van der Waals surface area contributed by atoms with E-state index in [4.69, 9.17) is 0 Å². The molecule has 4 rings (SSSR count). The smallest absolute Gasteiger partial charge is 0.123 e. The zero-order valence-electron chi connectivity index (χ0n) is 14.9. The first-order chi connectivity index (χ1) is 12.8. The van der Waals surface area contributed by atoms with Crippen LogP contribution in [0.1, 0.15) is 12.0 Å². The van der Waals surface area contributed by atoms with Gasteiger partial charge in [0.25, 0.3) is 0 Å². The summed E-state index contributed by atoms with van der Waals surface area (Å²) in [6, 6.07) is 15.5. The number of aryl methyl sites for hydroxylation is 1. The molecular weight excluding hydrogens is 327 g/mol. The summed E-state index contributed by atoms with van der Waals surface area (Å²) >= 11 is 0. The molecule has 0 bridgehead atoms. The third-order valence-corrected chi connectivity index (χ3v) is 5.09. The van der Waals surface area contributed by atoms with Gasteiger partial charge in [-0.3, -0.25) is 5.43 Å². The van der Waals surface area contributed by atoms with Crippen LogP contribution in [-0.4, -0.2) is 42.7 Å². The average molecular weight is 352 g/mol. The van der Waals surface area contributed by atoms with E-state index < -0.39 is 0 Å². The summed E-state index contributed by atoms with van der Waals surface area (Å²) in [4.78, 5) is 5.65. The van der Waals surface area contributed by atoms with Gasteiger partial charge in [-0.15, -0.1) is 0 Å². The highest BCUT2D eigenvalue weighted by molar-refractivity contribution is 5.83. The third-order valence-electron chi connectivity index (χ3n) is 5.09. The number of nitrogens with zero attached hydrogens (tertiary/aromatic N) is 2. The average Bonchev–Trinajstić information content (AvgIpc) is 3.08. The van der Waals surface area contributed by atoms with Crippen molar-refractivity contribution in [2.75, 3.05) is 37.6 Å². The molecule has 2 heterocycles. The van der Waals surface area contributed by atoms with Gasteiger partial charge in [0.2, 0.25) is 0 Å². The van der Waals surface area contributed by atoms with Crippen LogP contribution in [0.15, 0.2) is 54.7 Å². The molecule has 1 aromatic heterocycles. The number of aromatic nitrogens is 1. The topological polar surface area (TPSA) is 34.3 Å². The van der Waals surface area contributed by atoms with Gasteiger partial charge in [0.15, 0.2) is 0 Å². The highest BCUT2D eigenvalue weighted by Gasteiger charge is 2.16. The maximum atomic E-state index is 13.4.